The van der Waals surface area contributed by atoms with E-state index in [0.29, 0.717) is 0 Å². The van der Waals surface area contributed by atoms with Crippen molar-refractivity contribution in [3.8, 4) is 0 Å². The number of nitrogens with zero attached hydrogens (tertiary/aromatic N) is 4. The molecule has 1 N–H and O–H groups in total. The molecule has 0 bridgehead atoms. The van der Waals surface area contributed by atoms with Gasteiger partial charge in [0.05, 0.1) is 0 Å². The summed E-state index contributed by atoms with van der Waals surface area (Å²) in [5, 5.41) is 14.0. The van der Waals surface area contributed by atoms with Gasteiger partial charge in [0.1, 0.15) is 0 Å². The molecule has 2 rings (SSSR count). The standard InChI is InChI=1S/C8H15N5/c1-7-3-2-5-13(6-4-7)8-9-11-12-10-8/h7H,2-6H2,1H3,(H,9,10,11,12)/t7-/m0/s1. The van der Waals surface area contributed by atoms with Crippen molar-refractivity contribution >= 4 is 5.95 Å². The summed E-state index contributed by atoms with van der Waals surface area (Å²) in [4.78, 5) is 2.20. The molecule has 0 aromatic carbocycles. The molecule has 0 unspecified atom stereocenters. The van der Waals surface area contributed by atoms with E-state index in [1.807, 2.05) is 0 Å². The van der Waals surface area contributed by atoms with E-state index in [2.05, 4.69) is 32.4 Å². The maximum Gasteiger partial charge on any atom is 0.265 e. The molecule has 0 saturated carbocycles. The zero-order valence-corrected chi connectivity index (χ0v) is 7.90. The number of rotatable bonds is 1. The lowest BCUT2D eigenvalue weighted by Crippen LogP contribution is -2.25. The largest absolute Gasteiger partial charge is 0.338 e. The fraction of sp³-hybridized carbons (Fsp3) is 0.875. The van der Waals surface area contributed by atoms with Gasteiger partial charge in [0, 0.05) is 13.1 Å². The van der Waals surface area contributed by atoms with Crippen LogP contribution in [0.3, 0.4) is 0 Å². The molecule has 0 spiro atoms. The maximum absolute atomic E-state index is 3.99. The normalized spacial score (nSPS) is 24.4. The van der Waals surface area contributed by atoms with Crippen LogP contribution in [0.25, 0.3) is 0 Å². The van der Waals surface area contributed by atoms with Crippen molar-refractivity contribution in [1.82, 2.24) is 20.6 Å². The second-order valence-electron chi connectivity index (χ2n) is 3.73. The van der Waals surface area contributed by atoms with Crippen molar-refractivity contribution in [3.05, 3.63) is 0 Å². The van der Waals surface area contributed by atoms with E-state index in [9.17, 15) is 0 Å². The van der Waals surface area contributed by atoms with Crippen LogP contribution < -0.4 is 4.90 Å². The molecule has 0 amide bonds. The summed E-state index contributed by atoms with van der Waals surface area (Å²) in [5.74, 6) is 1.58. The van der Waals surface area contributed by atoms with E-state index in [0.717, 1.165) is 25.0 Å². The highest BCUT2D eigenvalue weighted by molar-refractivity contribution is 5.25. The number of H-pyrrole nitrogens is 1. The van der Waals surface area contributed by atoms with Crippen molar-refractivity contribution in [2.75, 3.05) is 18.0 Å². The minimum atomic E-state index is 0.745. The molecule has 1 aromatic heterocycles. The molecule has 1 fully saturated rings. The van der Waals surface area contributed by atoms with E-state index in [4.69, 9.17) is 0 Å². The van der Waals surface area contributed by atoms with E-state index in [-0.39, 0.29) is 0 Å². The Kier molecular flexibility index (Phi) is 2.42. The molecule has 5 nitrogen and oxygen atoms in total. The van der Waals surface area contributed by atoms with Crippen LogP contribution >= 0.6 is 0 Å². The monoisotopic (exact) mass is 181 g/mol. The van der Waals surface area contributed by atoms with E-state index in [1.54, 1.807) is 0 Å². The summed E-state index contributed by atoms with van der Waals surface area (Å²) >= 11 is 0. The summed E-state index contributed by atoms with van der Waals surface area (Å²) in [6.07, 6.45) is 3.78. The van der Waals surface area contributed by atoms with Crippen LogP contribution in [0.1, 0.15) is 26.2 Å². The lowest BCUT2D eigenvalue weighted by atomic mass is 10.0. The van der Waals surface area contributed by atoms with Crippen LogP contribution in [0.5, 0.6) is 0 Å². The van der Waals surface area contributed by atoms with Gasteiger partial charge in [0.15, 0.2) is 0 Å². The van der Waals surface area contributed by atoms with Gasteiger partial charge in [0.25, 0.3) is 5.95 Å². The minimum absolute atomic E-state index is 0.745. The molecule has 1 aliphatic rings. The Morgan fingerprint density at radius 1 is 1.38 bits per heavy atom. The van der Waals surface area contributed by atoms with Gasteiger partial charge >= 0.3 is 0 Å². The number of aromatic amines is 1. The third-order valence-electron chi connectivity index (χ3n) is 2.63. The van der Waals surface area contributed by atoms with Crippen LogP contribution in [0.4, 0.5) is 5.95 Å². The van der Waals surface area contributed by atoms with E-state index in [1.165, 1.54) is 19.3 Å². The quantitative estimate of drug-likeness (QED) is 0.697. The Morgan fingerprint density at radius 3 is 3.08 bits per heavy atom. The number of tetrazole rings is 1. The maximum atomic E-state index is 3.99. The van der Waals surface area contributed by atoms with Crippen LogP contribution in [-0.4, -0.2) is 33.7 Å². The topological polar surface area (TPSA) is 57.7 Å². The predicted molar refractivity (Wildman–Crippen MR) is 49.4 cm³/mol. The summed E-state index contributed by atoms with van der Waals surface area (Å²) in [6, 6.07) is 0. The van der Waals surface area contributed by atoms with Crippen LogP contribution in [0.2, 0.25) is 0 Å². The third-order valence-corrected chi connectivity index (χ3v) is 2.63. The number of aromatic nitrogens is 4. The molecule has 1 saturated heterocycles. The van der Waals surface area contributed by atoms with Gasteiger partial charge in [-0.15, -0.1) is 5.10 Å². The number of hydrogen-bond donors (Lipinski definition) is 1. The van der Waals surface area contributed by atoms with Gasteiger partial charge in [0.2, 0.25) is 0 Å². The second kappa shape index (κ2) is 3.72. The number of hydrogen-bond acceptors (Lipinski definition) is 4. The predicted octanol–water partition coefficient (Wildman–Crippen LogP) is 0.826. The highest BCUT2D eigenvalue weighted by Crippen LogP contribution is 2.18. The molecule has 0 aliphatic carbocycles. The van der Waals surface area contributed by atoms with E-state index < -0.39 is 0 Å². The molecule has 0 radical (unpaired) electrons. The molecule has 13 heavy (non-hydrogen) atoms. The fourth-order valence-corrected chi connectivity index (χ4v) is 1.75. The van der Waals surface area contributed by atoms with E-state index >= 15 is 0 Å². The van der Waals surface area contributed by atoms with Gasteiger partial charge in [-0.25, -0.2) is 0 Å². The Balaban J connectivity index is 2.00. The molecule has 5 heteroatoms. The SMILES string of the molecule is C[C@H]1CCCN(c2nn[nH]n2)CC1. The van der Waals surface area contributed by atoms with Crippen molar-refractivity contribution in [1.29, 1.82) is 0 Å². The second-order valence-corrected chi connectivity index (χ2v) is 3.73. The Morgan fingerprint density at radius 2 is 2.31 bits per heavy atom. The fourth-order valence-electron chi connectivity index (χ4n) is 1.75. The van der Waals surface area contributed by atoms with Gasteiger partial charge in [-0.05, 0) is 30.4 Å². The molecule has 1 atom stereocenters. The van der Waals surface area contributed by atoms with Gasteiger partial charge < -0.3 is 4.90 Å². The van der Waals surface area contributed by atoms with Crippen molar-refractivity contribution in [2.24, 2.45) is 5.92 Å². The number of anilines is 1. The average Bonchev–Trinajstić information content (AvgIpc) is 2.56. The summed E-state index contributed by atoms with van der Waals surface area (Å²) in [5.41, 5.74) is 0. The Labute approximate surface area is 77.5 Å². The van der Waals surface area contributed by atoms with Crippen molar-refractivity contribution in [2.45, 2.75) is 26.2 Å². The third kappa shape index (κ3) is 1.96. The van der Waals surface area contributed by atoms with Crippen LogP contribution in [0.15, 0.2) is 0 Å². The molecule has 2 heterocycles. The van der Waals surface area contributed by atoms with Gasteiger partial charge in [-0.3, -0.25) is 0 Å². The van der Waals surface area contributed by atoms with Crippen LogP contribution in [-0.2, 0) is 0 Å². The average molecular weight is 181 g/mol. The molecule has 1 aliphatic heterocycles. The first-order valence-electron chi connectivity index (χ1n) is 4.84. The zero-order chi connectivity index (χ0) is 9.10. The first-order valence-corrected chi connectivity index (χ1v) is 4.84. The Hall–Kier alpha value is -1.13. The van der Waals surface area contributed by atoms with Crippen molar-refractivity contribution in [3.63, 3.8) is 0 Å². The molecular weight excluding hydrogens is 166 g/mol. The summed E-state index contributed by atoms with van der Waals surface area (Å²) in [7, 11) is 0. The number of nitrogens with one attached hydrogen (secondary N) is 1. The molecular formula is C8H15N5. The molecule has 72 valence electrons. The highest BCUT2D eigenvalue weighted by Gasteiger charge is 2.16. The first kappa shape index (κ1) is 8.47. The van der Waals surface area contributed by atoms with Gasteiger partial charge in [-0.2, -0.15) is 5.21 Å². The lowest BCUT2D eigenvalue weighted by Gasteiger charge is -2.16. The first-order chi connectivity index (χ1) is 6.36. The minimum Gasteiger partial charge on any atom is -0.338 e. The lowest BCUT2D eigenvalue weighted by molar-refractivity contribution is 0.521. The smallest absolute Gasteiger partial charge is 0.265 e. The van der Waals surface area contributed by atoms with Gasteiger partial charge in [-0.1, -0.05) is 12.0 Å². The molecule has 1 aromatic rings. The highest BCUT2D eigenvalue weighted by atomic mass is 15.5. The Bertz CT molecular complexity index is 245. The van der Waals surface area contributed by atoms with Crippen molar-refractivity contribution < 1.29 is 0 Å². The summed E-state index contributed by atoms with van der Waals surface area (Å²) < 4.78 is 0. The summed E-state index contributed by atoms with van der Waals surface area (Å²) in [6.45, 7) is 4.42. The van der Waals surface area contributed by atoms with Crippen LogP contribution in [0, 0.1) is 5.92 Å². The zero-order valence-electron chi connectivity index (χ0n) is 7.90.